The first-order valence-electron chi connectivity index (χ1n) is 10.4. The van der Waals surface area contributed by atoms with Crippen molar-refractivity contribution in [2.24, 2.45) is 0 Å². The van der Waals surface area contributed by atoms with Gasteiger partial charge in [-0.05, 0) is 54.7 Å². The van der Waals surface area contributed by atoms with Gasteiger partial charge in [-0.15, -0.1) is 0 Å². The summed E-state index contributed by atoms with van der Waals surface area (Å²) in [5.74, 6) is 0.00211. The summed E-state index contributed by atoms with van der Waals surface area (Å²) in [6.07, 6.45) is 1.02. The summed E-state index contributed by atoms with van der Waals surface area (Å²) >= 11 is 5.95. The van der Waals surface area contributed by atoms with Crippen molar-refractivity contribution in [2.75, 3.05) is 42.6 Å². The Kier molecular flexibility index (Phi) is 6.44. The second-order valence-electron chi connectivity index (χ2n) is 7.88. The van der Waals surface area contributed by atoms with Gasteiger partial charge in [0.2, 0.25) is 0 Å². The molecule has 2 aliphatic rings. The fourth-order valence-corrected chi connectivity index (χ4v) is 4.13. The van der Waals surface area contributed by atoms with Crippen LogP contribution < -0.4 is 9.80 Å². The van der Waals surface area contributed by atoms with Crippen LogP contribution in [0.2, 0.25) is 5.02 Å². The molecular formula is C23H26ClFN2O3. The summed E-state index contributed by atoms with van der Waals surface area (Å²) in [4.78, 5) is 15.9. The van der Waals surface area contributed by atoms with Crippen LogP contribution in [0.25, 0.3) is 0 Å². The lowest BCUT2D eigenvalue weighted by Crippen LogP contribution is -2.36. The van der Waals surface area contributed by atoms with E-state index >= 15 is 0 Å². The van der Waals surface area contributed by atoms with Crippen LogP contribution in [0.4, 0.5) is 20.6 Å². The Labute approximate surface area is 181 Å². The first-order chi connectivity index (χ1) is 14.5. The summed E-state index contributed by atoms with van der Waals surface area (Å²) in [7, 11) is 0. The number of rotatable bonds is 6. The predicted molar refractivity (Wildman–Crippen MR) is 116 cm³/mol. The molecule has 2 fully saturated rings. The number of halogens is 2. The fourth-order valence-electron chi connectivity index (χ4n) is 4.00. The minimum absolute atomic E-state index is 0.200. The third kappa shape index (κ3) is 4.71. The van der Waals surface area contributed by atoms with Crippen molar-refractivity contribution in [1.29, 1.82) is 0 Å². The van der Waals surface area contributed by atoms with Crippen LogP contribution >= 0.6 is 11.6 Å². The van der Waals surface area contributed by atoms with Crippen LogP contribution in [0.1, 0.15) is 31.2 Å². The molecule has 0 aliphatic carbocycles. The second kappa shape index (κ2) is 9.23. The Morgan fingerprint density at radius 2 is 1.90 bits per heavy atom. The average molecular weight is 433 g/mol. The number of morpholine rings is 1. The minimum Gasteiger partial charge on any atom is -0.444 e. The van der Waals surface area contributed by atoms with Crippen molar-refractivity contribution in [3.8, 4) is 0 Å². The maximum absolute atomic E-state index is 14.7. The van der Waals surface area contributed by atoms with Crippen molar-refractivity contribution in [1.82, 2.24) is 0 Å². The zero-order valence-electron chi connectivity index (χ0n) is 17.0. The van der Waals surface area contributed by atoms with Gasteiger partial charge in [0.1, 0.15) is 11.9 Å². The quantitative estimate of drug-likeness (QED) is 0.627. The smallest absolute Gasteiger partial charge is 0.414 e. The summed E-state index contributed by atoms with van der Waals surface area (Å²) < 4.78 is 25.6. The maximum Gasteiger partial charge on any atom is 0.414 e. The SMILES string of the molecule is C[C@H](CC[C@@H]1CN(c2ccc(N3CCOCC3)c(F)c2)C(=O)O1)c1ccc(Cl)cc1. The van der Waals surface area contributed by atoms with Crippen molar-refractivity contribution >= 4 is 29.1 Å². The molecule has 2 saturated heterocycles. The average Bonchev–Trinajstić information content (AvgIpc) is 3.13. The highest BCUT2D eigenvalue weighted by Gasteiger charge is 2.33. The van der Waals surface area contributed by atoms with Gasteiger partial charge in [0, 0.05) is 18.1 Å². The van der Waals surface area contributed by atoms with E-state index in [1.54, 1.807) is 12.1 Å². The number of nitrogens with zero attached hydrogens (tertiary/aromatic N) is 2. The van der Waals surface area contributed by atoms with Crippen LogP contribution in [0.3, 0.4) is 0 Å². The van der Waals surface area contributed by atoms with Gasteiger partial charge in [0.15, 0.2) is 0 Å². The first kappa shape index (κ1) is 20.9. The molecule has 0 aromatic heterocycles. The standard InChI is InChI=1S/C23H26ClFN2O3/c1-16(17-3-5-18(24)6-4-17)2-8-20-15-27(23(28)30-20)19-7-9-22(21(25)14-19)26-10-12-29-13-11-26/h3-7,9,14,16,20H,2,8,10-13,15H2,1H3/t16-,20-/m1/s1. The molecular weight excluding hydrogens is 407 g/mol. The van der Waals surface area contributed by atoms with E-state index in [9.17, 15) is 9.18 Å². The number of anilines is 2. The lowest BCUT2D eigenvalue weighted by atomic mass is 9.95. The topological polar surface area (TPSA) is 42.0 Å². The van der Waals surface area contributed by atoms with Gasteiger partial charge < -0.3 is 14.4 Å². The number of carbonyl (C=O) groups excluding carboxylic acids is 1. The number of cyclic esters (lactones) is 1. The molecule has 5 nitrogen and oxygen atoms in total. The third-order valence-electron chi connectivity index (χ3n) is 5.83. The largest absolute Gasteiger partial charge is 0.444 e. The molecule has 2 aromatic carbocycles. The Balaban J connectivity index is 1.36. The zero-order valence-corrected chi connectivity index (χ0v) is 17.8. The third-order valence-corrected chi connectivity index (χ3v) is 6.08. The molecule has 0 spiro atoms. The van der Waals surface area contributed by atoms with Crippen molar-refractivity contribution in [3.63, 3.8) is 0 Å². The predicted octanol–water partition coefficient (Wildman–Crippen LogP) is 5.22. The maximum atomic E-state index is 14.7. The number of ether oxygens (including phenoxy) is 2. The van der Waals surface area contributed by atoms with Gasteiger partial charge in [-0.25, -0.2) is 9.18 Å². The molecule has 0 N–H and O–H groups in total. The number of benzene rings is 2. The number of hydrogen-bond acceptors (Lipinski definition) is 4. The molecule has 1 amide bonds. The Hall–Kier alpha value is -2.31. The molecule has 0 radical (unpaired) electrons. The van der Waals surface area contributed by atoms with E-state index in [-0.39, 0.29) is 11.9 Å². The van der Waals surface area contributed by atoms with Gasteiger partial charge in [-0.3, -0.25) is 4.90 Å². The molecule has 0 saturated carbocycles. The van der Waals surface area contributed by atoms with E-state index in [0.717, 1.165) is 17.9 Å². The molecule has 2 atom stereocenters. The van der Waals surface area contributed by atoms with Gasteiger partial charge in [0.25, 0.3) is 0 Å². The van der Waals surface area contributed by atoms with E-state index in [0.29, 0.717) is 50.1 Å². The van der Waals surface area contributed by atoms with Crippen molar-refractivity contribution in [2.45, 2.75) is 31.8 Å². The van der Waals surface area contributed by atoms with Gasteiger partial charge in [-0.1, -0.05) is 30.7 Å². The van der Waals surface area contributed by atoms with E-state index in [1.807, 2.05) is 29.2 Å². The molecule has 30 heavy (non-hydrogen) atoms. The number of hydrogen-bond donors (Lipinski definition) is 0. The van der Waals surface area contributed by atoms with Crippen molar-refractivity contribution < 1.29 is 18.7 Å². The number of carbonyl (C=O) groups is 1. The van der Waals surface area contributed by atoms with Crippen molar-refractivity contribution in [3.05, 3.63) is 58.9 Å². The fraction of sp³-hybridized carbons (Fsp3) is 0.435. The normalized spacial score (nSPS) is 20.4. The minimum atomic E-state index is -0.419. The zero-order chi connectivity index (χ0) is 21.1. The number of amides is 1. The van der Waals surface area contributed by atoms with Gasteiger partial charge >= 0.3 is 6.09 Å². The molecule has 7 heteroatoms. The van der Waals surface area contributed by atoms with Crippen LogP contribution in [-0.2, 0) is 9.47 Å². The van der Waals surface area contributed by atoms with Crippen LogP contribution in [0, 0.1) is 5.82 Å². The molecule has 2 aromatic rings. The van der Waals surface area contributed by atoms with E-state index < -0.39 is 6.09 Å². The van der Waals surface area contributed by atoms with E-state index in [2.05, 4.69) is 6.92 Å². The van der Waals surface area contributed by atoms with Crippen LogP contribution in [0.15, 0.2) is 42.5 Å². The highest BCUT2D eigenvalue weighted by molar-refractivity contribution is 6.30. The Bertz CT molecular complexity index is 887. The second-order valence-corrected chi connectivity index (χ2v) is 8.32. The summed E-state index contributed by atoms with van der Waals surface area (Å²) in [5.41, 5.74) is 2.28. The van der Waals surface area contributed by atoms with Crippen LogP contribution in [0.5, 0.6) is 0 Å². The highest BCUT2D eigenvalue weighted by Crippen LogP contribution is 2.30. The van der Waals surface area contributed by atoms with Crippen LogP contribution in [-0.4, -0.2) is 45.0 Å². The molecule has 0 bridgehead atoms. The molecule has 160 valence electrons. The lowest BCUT2D eigenvalue weighted by molar-refractivity contribution is 0.122. The van der Waals surface area contributed by atoms with E-state index in [1.165, 1.54) is 16.5 Å². The summed E-state index contributed by atoms with van der Waals surface area (Å²) in [5, 5.41) is 0.721. The molecule has 2 aliphatic heterocycles. The lowest BCUT2D eigenvalue weighted by Gasteiger charge is -2.29. The van der Waals surface area contributed by atoms with Gasteiger partial charge in [0.05, 0.1) is 31.1 Å². The monoisotopic (exact) mass is 432 g/mol. The highest BCUT2D eigenvalue weighted by atomic mass is 35.5. The summed E-state index contributed by atoms with van der Waals surface area (Å²) in [6, 6.07) is 12.8. The summed E-state index contributed by atoms with van der Waals surface area (Å²) in [6.45, 7) is 5.09. The van der Waals surface area contributed by atoms with Gasteiger partial charge in [-0.2, -0.15) is 0 Å². The van der Waals surface area contributed by atoms with E-state index in [4.69, 9.17) is 21.1 Å². The first-order valence-corrected chi connectivity index (χ1v) is 10.7. The molecule has 2 heterocycles. The Morgan fingerprint density at radius 1 is 1.17 bits per heavy atom. The molecule has 0 unspecified atom stereocenters. The Morgan fingerprint density at radius 3 is 2.60 bits per heavy atom. The molecule has 4 rings (SSSR count).